The summed E-state index contributed by atoms with van der Waals surface area (Å²) in [6.45, 7) is 7.50. The topological polar surface area (TPSA) is 12.0 Å². The molecule has 3 heteroatoms. The van der Waals surface area contributed by atoms with Crippen LogP contribution in [0.25, 0.3) is 0 Å². The molecule has 0 radical (unpaired) electrons. The Bertz CT molecular complexity index is 364. The van der Waals surface area contributed by atoms with Crippen LogP contribution >= 0.6 is 0 Å². The lowest BCUT2D eigenvalue weighted by Crippen LogP contribution is -2.34. The quantitative estimate of drug-likeness (QED) is 0.778. The van der Waals surface area contributed by atoms with Gasteiger partial charge >= 0.3 is 0 Å². The van der Waals surface area contributed by atoms with Crippen LogP contribution in [0, 0.1) is 17.6 Å². The van der Waals surface area contributed by atoms with Crippen molar-refractivity contribution < 1.29 is 8.78 Å². The molecule has 1 nitrogen and oxygen atoms in total. The second-order valence-corrected chi connectivity index (χ2v) is 5.09. The van der Waals surface area contributed by atoms with Crippen molar-refractivity contribution in [1.29, 1.82) is 0 Å². The van der Waals surface area contributed by atoms with E-state index in [1.807, 2.05) is 0 Å². The molecule has 1 unspecified atom stereocenters. The molecule has 0 aliphatic carbocycles. The zero-order chi connectivity index (χ0) is 13.5. The second kappa shape index (κ2) is 7.47. The van der Waals surface area contributed by atoms with Crippen LogP contribution in [-0.4, -0.2) is 12.6 Å². The predicted octanol–water partition coefficient (Wildman–Crippen LogP) is 3.92. The Labute approximate surface area is 109 Å². The third-order valence-electron chi connectivity index (χ3n) is 3.19. The third-order valence-corrected chi connectivity index (χ3v) is 3.19. The summed E-state index contributed by atoms with van der Waals surface area (Å²) in [7, 11) is 0. The van der Waals surface area contributed by atoms with Crippen LogP contribution in [0.2, 0.25) is 0 Å². The summed E-state index contributed by atoms with van der Waals surface area (Å²) < 4.78 is 25.9. The summed E-state index contributed by atoms with van der Waals surface area (Å²) in [6, 6.07) is 4.59. The summed E-state index contributed by atoms with van der Waals surface area (Å²) >= 11 is 0. The lowest BCUT2D eigenvalue weighted by molar-refractivity contribution is 0.378. The van der Waals surface area contributed by atoms with Crippen molar-refractivity contribution in [1.82, 2.24) is 5.32 Å². The first kappa shape index (κ1) is 15.1. The van der Waals surface area contributed by atoms with Gasteiger partial charge in [0, 0.05) is 6.04 Å². The largest absolute Gasteiger partial charge is 0.314 e. The Morgan fingerprint density at radius 3 is 2.44 bits per heavy atom. The monoisotopic (exact) mass is 255 g/mol. The highest BCUT2D eigenvalue weighted by molar-refractivity contribution is 5.18. The van der Waals surface area contributed by atoms with Crippen molar-refractivity contribution in [2.45, 2.75) is 46.1 Å². The molecule has 0 fully saturated rings. The number of hydrogen-bond donors (Lipinski definition) is 1. The minimum absolute atomic E-state index is 0.429. The maximum absolute atomic E-state index is 13.1. The molecule has 1 rings (SSSR count). The van der Waals surface area contributed by atoms with Crippen LogP contribution in [-0.2, 0) is 6.42 Å². The standard InChI is InChI=1S/C15H23F2N/c1-4-9-18-15(11(2)3)8-6-12-5-7-13(16)14(17)10-12/h5,7,10-11,15,18H,4,6,8-9H2,1-3H3. The summed E-state index contributed by atoms with van der Waals surface area (Å²) in [4.78, 5) is 0. The molecule has 0 aliphatic heterocycles. The van der Waals surface area contributed by atoms with E-state index in [1.165, 1.54) is 12.1 Å². The lowest BCUT2D eigenvalue weighted by Gasteiger charge is -2.22. The molecule has 0 bridgehead atoms. The Hall–Kier alpha value is -0.960. The molecule has 1 atom stereocenters. The highest BCUT2D eigenvalue weighted by atomic mass is 19.2. The minimum Gasteiger partial charge on any atom is -0.314 e. The van der Waals surface area contributed by atoms with Crippen molar-refractivity contribution in [3.05, 3.63) is 35.4 Å². The molecule has 0 saturated carbocycles. The van der Waals surface area contributed by atoms with Crippen LogP contribution in [0.1, 0.15) is 39.2 Å². The molecular weight excluding hydrogens is 232 g/mol. The van der Waals surface area contributed by atoms with E-state index in [1.54, 1.807) is 6.07 Å². The van der Waals surface area contributed by atoms with E-state index in [9.17, 15) is 8.78 Å². The number of benzene rings is 1. The average molecular weight is 255 g/mol. The van der Waals surface area contributed by atoms with Crippen molar-refractivity contribution in [2.24, 2.45) is 5.92 Å². The van der Waals surface area contributed by atoms with Gasteiger partial charge < -0.3 is 5.32 Å². The first-order valence-electron chi connectivity index (χ1n) is 6.72. The molecule has 18 heavy (non-hydrogen) atoms. The summed E-state index contributed by atoms with van der Waals surface area (Å²) in [5, 5.41) is 3.50. The third kappa shape index (κ3) is 4.73. The highest BCUT2D eigenvalue weighted by Crippen LogP contribution is 2.14. The summed E-state index contributed by atoms with van der Waals surface area (Å²) in [5.74, 6) is -0.986. The molecule has 1 aromatic carbocycles. The van der Waals surface area contributed by atoms with Gasteiger partial charge in [-0.1, -0.05) is 26.8 Å². The number of hydrogen-bond acceptors (Lipinski definition) is 1. The van der Waals surface area contributed by atoms with Gasteiger partial charge in [0.1, 0.15) is 0 Å². The van der Waals surface area contributed by atoms with Gasteiger partial charge in [-0.2, -0.15) is 0 Å². The SMILES string of the molecule is CCCNC(CCc1ccc(F)c(F)c1)C(C)C. The zero-order valence-electron chi connectivity index (χ0n) is 11.5. The molecule has 1 aromatic rings. The van der Waals surface area contributed by atoms with Crippen LogP contribution < -0.4 is 5.32 Å². The van der Waals surface area contributed by atoms with Gasteiger partial charge in [0.05, 0.1) is 0 Å². The van der Waals surface area contributed by atoms with Gasteiger partial charge in [-0.15, -0.1) is 0 Å². The van der Waals surface area contributed by atoms with Crippen molar-refractivity contribution in [2.75, 3.05) is 6.54 Å². The molecule has 0 spiro atoms. The van der Waals surface area contributed by atoms with E-state index in [2.05, 4.69) is 26.1 Å². The van der Waals surface area contributed by atoms with Gasteiger partial charge in [0.15, 0.2) is 11.6 Å². The maximum atomic E-state index is 13.1. The predicted molar refractivity (Wildman–Crippen MR) is 71.6 cm³/mol. The van der Waals surface area contributed by atoms with Crippen LogP contribution in [0.3, 0.4) is 0 Å². The Morgan fingerprint density at radius 2 is 1.89 bits per heavy atom. The van der Waals surface area contributed by atoms with Crippen molar-refractivity contribution in [3.63, 3.8) is 0 Å². The Balaban J connectivity index is 2.52. The Kier molecular flexibility index (Phi) is 6.27. The molecule has 0 heterocycles. The van der Waals surface area contributed by atoms with Crippen LogP contribution in [0.4, 0.5) is 8.78 Å². The first-order valence-corrected chi connectivity index (χ1v) is 6.72. The van der Waals surface area contributed by atoms with Gasteiger partial charge in [-0.05, 0) is 49.4 Å². The minimum atomic E-state index is -0.775. The van der Waals surface area contributed by atoms with Crippen LogP contribution in [0.15, 0.2) is 18.2 Å². The van der Waals surface area contributed by atoms with Gasteiger partial charge in [-0.3, -0.25) is 0 Å². The van der Waals surface area contributed by atoms with Gasteiger partial charge in [-0.25, -0.2) is 8.78 Å². The van der Waals surface area contributed by atoms with Crippen molar-refractivity contribution >= 4 is 0 Å². The maximum Gasteiger partial charge on any atom is 0.159 e. The van der Waals surface area contributed by atoms with Crippen LogP contribution in [0.5, 0.6) is 0 Å². The molecule has 0 amide bonds. The van der Waals surface area contributed by atoms with E-state index in [-0.39, 0.29) is 0 Å². The van der Waals surface area contributed by atoms with Gasteiger partial charge in [0.25, 0.3) is 0 Å². The number of aryl methyl sites for hydroxylation is 1. The second-order valence-electron chi connectivity index (χ2n) is 5.09. The molecule has 0 saturated heterocycles. The van der Waals surface area contributed by atoms with E-state index >= 15 is 0 Å². The fourth-order valence-corrected chi connectivity index (χ4v) is 2.02. The molecule has 0 aromatic heterocycles. The number of rotatable bonds is 7. The summed E-state index contributed by atoms with van der Waals surface area (Å²) in [5.41, 5.74) is 0.859. The van der Waals surface area contributed by atoms with Gasteiger partial charge in [0.2, 0.25) is 0 Å². The molecule has 102 valence electrons. The normalized spacial score (nSPS) is 13.0. The molecular formula is C15H23F2N. The van der Waals surface area contributed by atoms with Crippen molar-refractivity contribution in [3.8, 4) is 0 Å². The molecule has 0 aliphatic rings. The summed E-state index contributed by atoms with van der Waals surface area (Å²) in [6.07, 6.45) is 2.83. The van der Waals surface area contributed by atoms with E-state index < -0.39 is 11.6 Å². The fourth-order valence-electron chi connectivity index (χ4n) is 2.02. The van der Waals surface area contributed by atoms with E-state index in [0.717, 1.165) is 31.4 Å². The first-order chi connectivity index (χ1) is 8.54. The fraction of sp³-hybridized carbons (Fsp3) is 0.600. The van der Waals surface area contributed by atoms with E-state index in [4.69, 9.17) is 0 Å². The average Bonchev–Trinajstić information content (AvgIpc) is 2.33. The lowest BCUT2D eigenvalue weighted by atomic mass is 9.96. The Morgan fingerprint density at radius 1 is 1.17 bits per heavy atom. The molecule has 1 N–H and O–H groups in total. The zero-order valence-corrected chi connectivity index (χ0v) is 11.5. The number of halogens is 2. The number of nitrogens with one attached hydrogen (secondary N) is 1. The highest BCUT2D eigenvalue weighted by Gasteiger charge is 2.12. The smallest absolute Gasteiger partial charge is 0.159 e. The van der Waals surface area contributed by atoms with E-state index in [0.29, 0.717) is 12.0 Å².